The van der Waals surface area contributed by atoms with Gasteiger partial charge in [-0.1, -0.05) is 43.3 Å². The van der Waals surface area contributed by atoms with Crippen LogP contribution in [0.15, 0.2) is 66.3 Å². The molecule has 198 valence electrons. The first-order valence-electron chi connectivity index (χ1n) is 11.5. The second kappa shape index (κ2) is 10.8. The predicted molar refractivity (Wildman–Crippen MR) is 125 cm³/mol. The summed E-state index contributed by atoms with van der Waals surface area (Å²) in [4.78, 5) is 25.6. The number of hydrogen-bond acceptors (Lipinski definition) is 2. The molecule has 37 heavy (non-hydrogen) atoms. The highest BCUT2D eigenvalue weighted by Crippen LogP contribution is 2.45. The summed E-state index contributed by atoms with van der Waals surface area (Å²) < 4.78 is 82.3. The van der Waals surface area contributed by atoms with E-state index in [9.17, 15) is 35.9 Å². The normalized spacial score (nSPS) is 18.2. The molecule has 1 aliphatic carbocycles. The van der Waals surface area contributed by atoms with Crippen molar-refractivity contribution in [2.24, 2.45) is 11.8 Å². The highest BCUT2D eigenvalue weighted by Gasteiger charge is 2.45. The number of carbonyl (C=O) groups excluding carboxylic acids is 1. The van der Waals surface area contributed by atoms with Gasteiger partial charge < -0.3 is 10.0 Å². The molecule has 0 radical (unpaired) electrons. The number of amides is 1. The summed E-state index contributed by atoms with van der Waals surface area (Å²) in [5, 5.41) is 9.16. The molecule has 0 bridgehead atoms. The number of carbonyl (C=O) groups is 2. The van der Waals surface area contributed by atoms with Gasteiger partial charge in [0.2, 0.25) is 0 Å². The van der Waals surface area contributed by atoms with Crippen LogP contribution in [-0.4, -0.2) is 34.6 Å². The van der Waals surface area contributed by atoms with Crippen molar-refractivity contribution in [2.45, 2.75) is 39.2 Å². The number of aliphatic carboxylic acids is 1. The van der Waals surface area contributed by atoms with Crippen molar-refractivity contribution in [2.75, 3.05) is 6.54 Å². The third-order valence-corrected chi connectivity index (χ3v) is 6.29. The first-order chi connectivity index (χ1) is 17.2. The van der Waals surface area contributed by atoms with Gasteiger partial charge in [0.25, 0.3) is 5.91 Å². The zero-order valence-electron chi connectivity index (χ0n) is 20.0. The maximum Gasteiger partial charge on any atom is 0.416 e. The van der Waals surface area contributed by atoms with Crippen LogP contribution in [0.3, 0.4) is 0 Å². The minimum Gasteiger partial charge on any atom is -0.481 e. The second-order valence-electron chi connectivity index (χ2n) is 8.82. The van der Waals surface area contributed by atoms with E-state index in [0.29, 0.717) is 5.56 Å². The van der Waals surface area contributed by atoms with Crippen LogP contribution in [0.25, 0.3) is 5.57 Å². The minimum atomic E-state index is -4.72. The monoisotopic (exact) mass is 525 g/mol. The molecule has 0 fully saturated rings. The van der Waals surface area contributed by atoms with Gasteiger partial charge in [0.15, 0.2) is 0 Å². The summed E-state index contributed by atoms with van der Waals surface area (Å²) >= 11 is 0. The number of benzene rings is 2. The van der Waals surface area contributed by atoms with Crippen LogP contribution in [0.1, 0.15) is 47.3 Å². The van der Waals surface area contributed by atoms with Crippen LogP contribution in [0.4, 0.5) is 26.3 Å². The largest absolute Gasteiger partial charge is 0.481 e. The molecular weight excluding hydrogens is 500 g/mol. The summed E-state index contributed by atoms with van der Waals surface area (Å²) in [6.07, 6.45) is -7.95. The Labute approximate surface area is 209 Å². The van der Waals surface area contributed by atoms with E-state index in [0.717, 1.165) is 24.3 Å². The van der Waals surface area contributed by atoms with Gasteiger partial charge in [-0.25, -0.2) is 0 Å². The van der Waals surface area contributed by atoms with Gasteiger partial charge in [-0.05, 0) is 59.4 Å². The summed E-state index contributed by atoms with van der Waals surface area (Å²) in [6.45, 7) is 2.78. The number of nitrogens with zero attached hydrogens (tertiary/aromatic N) is 1. The number of allylic oxidation sites excluding steroid dienone is 3. The molecule has 0 aliphatic heterocycles. The van der Waals surface area contributed by atoms with E-state index in [-0.39, 0.29) is 35.4 Å². The third kappa shape index (κ3) is 6.61. The first-order valence-corrected chi connectivity index (χ1v) is 11.5. The zero-order valence-corrected chi connectivity index (χ0v) is 20.0. The highest BCUT2D eigenvalue weighted by atomic mass is 19.4. The van der Waals surface area contributed by atoms with Gasteiger partial charge in [0.05, 0.1) is 17.9 Å². The molecule has 0 aromatic heterocycles. The summed E-state index contributed by atoms with van der Waals surface area (Å²) in [5.41, 5.74) is -0.616. The van der Waals surface area contributed by atoms with Crippen LogP contribution in [0, 0.1) is 11.8 Å². The smallest absolute Gasteiger partial charge is 0.416 e. The number of halogens is 6. The van der Waals surface area contributed by atoms with Crippen molar-refractivity contribution in [3.05, 3.63) is 88.5 Å². The lowest BCUT2D eigenvalue weighted by Gasteiger charge is -2.32. The van der Waals surface area contributed by atoms with Crippen molar-refractivity contribution in [3.63, 3.8) is 0 Å². The first kappa shape index (κ1) is 28.0. The number of rotatable bonds is 7. The van der Waals surface area contributed by atoms with E-state index in [1.807, 2.05) is 0 Å². The van der Waals surface area contributed by atoms with E-state index >= 15 is 0 Å². The third-order valence-electron chi connectivity index (χ3n) is 6.29. The molecule has 3 rings (SSSR count). The predicted octanol–water partition coefficient (Wildman–Crippen LogP) is 6.98. The van der Waals surface area contributed by atoms with Crippen molar-refractivity contribution in [3.8, 4) is 0 Å². The van der Waals surface area contributed by atoms with E-state index in [4.69, 9.17) is 5.11 Å². The molecule has 2 atom stereocenters. The van der Waals surface area contributed by atoms with Gasteiger partial charge >= 0.3 is 18.3 Å². The molecule has 4 nitrogen and oxygen atoms in total. The van der Waals surface area contributed by atoms with Gasteiger partial charge in [0.1, 0.15) is 0 Å². The Balaban J connectivity index is 2.14. The van der Waals surface area contributed by atoms with Crippen molar-refractivity contribution in [1.29, 1.82) is 0 Å². The lowest BCUT2D eigenvalue weighted by atomic mass is 9.76. The van der Waals surface area contributed by atoms with Gasteiger partial charge in [-0.15, -0.1) is 0 Å². The maximum atomic E-state index is 13.8. The molecular formula is C27H25F6NO3. The number of alkyl halides is 6. The fourth-order valence-corrected chi connectivity index (χ4v) is 4.41. The SMILES string of the molecule is CCN(Cc1cc(C(F)(F)F)ccc1C1=CC(CC(=O)O)=CC(C(F)(F)F)C1C)C(=O)c1ccccc1. The Morgan fingerprint density at radius 3 is 2.19 bits per heavy atom. The molecule has 0 saturated carbocycles. The van der Waals surface area contributed by atoms with Crippen molar-refractivity contribution >= 4 is 17.4 Å². The highest BCUT2D eigenvalue weighted by molar-refractivity contribution is 5.94. The Kier molecular flexibility index (Phi) is 8.19. The summed E-state index contributed by atoms with van der Waals surface area (Å²) in [6, 6.07) is 10.8. The van der Waals surface area contributed by atoms with E-state index < -0.39 is 48.0 Å². The second-order valence-corrected chi connectivity index (χ2v) is 8.82. The fourth-order valence-electron chi connectivity index (χ4n) is 4.41. The lowest BCUT2D eigenvalue weighted by Crippen LogP contribution is -2.32. The van der Waals surface area contributed by atoms with E-state index in [1.54, 1.807) is 37.3 Å². The van der Waals surface area contributed by atoms with Crippen LogP contribution >= 0.6 is 0 Å². The quantitative estimate of drug-likeness (QED) is 0.397. The van der Waals surface area contributed by atoms with Gasteiger partial charge in [0, 0.05) is 18.7 Å². The minimum absolute atomic E-state index is 0.0107. The van der Waals surface area contributed by atoms with Crippen LogP contribution < -0.4 is 0 Å². The topological polar surface area (TPSA) is 57.6 Å². The number of hydrogen-bond donors (Lipinski definition) is 1. The molecule has 1 N–H and O–H groups in total. The average Bonchev–Trinajstić information content (AvgIpc) is 2.82. The Morgan fingerprint density at radius 2 is 1.65 bits per heavy atom. The number of carboxylic acids is 1. The molecule has 0 saturated heterocycles. The van der Waals surface area contributed by atoms with Crippen LogP contribution in [0.5, 0.6) is 0 Å². The Hall–Kier alpha value is -3.56. The molecule has 10 heteroatoms. The average molecular weight is 525 g/mol. The lowest BCUT2D eigenvalue weighted by molar-refractivity contribution is -0.168. The molecule has 0 spiro atoms. The number of carboxylic acid groups (broad SMARTS) is 1. The Bertz CT molecular complexity index is 1210. The van der Waals surface area contributed by atoms with Crippen LogP contribution in [-0.2, 0) is 17.5 Å². The van der Waals surface area contributed by atoms with Gasteiger partial charge in [-0.3, -0.25) is 9.59 Å². The molecule has 1 amide bonds. The zero-order chi connectivity index (χ0) is 27.5. The van der Waals surface area contributed by atoms with Crippen LogP contribution in [0.2, 0.25) is 0 Å². The molecule has 0 heterocycles. The van der Waals surface area contributed by atoms with E-state index in [2.05, 4.69) is 0 Å². The van der Waals surface area contributed by atoms with Crippen molar-refractivity contribution in [1.82, 2.24) is 4.90 Å². The molecule has 2 aromatic carbocycles. The summed E-state index contributed by atoms with van der Waals surface area (Å²) in [7, 11) is 0. The maximum absolute atomic E-state index is 13.8. The molecule has 2 unspecified atom stereocenters. The summed E-state index contributed by atoms with van der Waals surface area (Å²) in [5.74, 6) is -5.01. The van der Waals surface area contributed by atoms with Crippen molar-refractivity contribution < 1.29 is 41.0 Å². The standard InChI is InChI=1S/C27H25F6NO3/c1-3-34(25(37)18-7-5-4-6-8-18)15-19-14-20(26(28,29)30)9-10-21(19)22-11-17(13-24(35)36)12-23(16(22)2)27(31,32)33/h4-12,14,16,23H,3,13,15H2,1-2H3,(H,35,36). The fraction of sp³-hybridized carbons (Fsp3) is 0.333. The molecule has 2 aromatic rings. The van der Waals surface area contributed by atoms with Gasteiger partial charge in [-0.2, -0.15) is 26.3 Å². The molecule has 1 aliphatic rings. The van der Waals surface area contributed by atoms with E-state index in [1.165, 1.54) is 17.9 Å². The Morgan fingerprint density at radius 1 is 1.00 bits per heavy atom.